The molecule has 0 saturated heterocycles. The van der Waals surface area contributed by atoms with Gasteiger partial charge in [-0.15, -0.1) is 11.6 Å². The Kier molecular flexibility index (Phi) is 4.23. The summed E-state index contributed by atoms with van der Waals surface area (Å²) in [5.74, 6) is -0.644. The molecule has 0 aromatic heterocycles. The molecule has 0 heterocycles. The molecule has 0 spiro atoms. The van der Waals surface area contributed by atoms with Crippen molar-refractivity contribution in [1.29, 1.82) is 0 Å². The second-order valence-electron chi connectivity index (χ2n) is 2.81. The summed E-state index contributed by atoms with van der Waals surface area (Å²) in [6.07, 6.45) is 0.814. The van der Waals surface area contributed by atoms with Crippen LogP contribution in [0, 0.1) is 0 Å². The van der Waals surface area contributed by atoms with Gasteiger partial charge in [0.15, 0.2) is 5.38 Å². The highest BCUT2D eigenvalue weighted by molar-refractivity contribution is 6.32. The van der Waals surface area contributed by atoms with Gasteiger partial charge in [-0.1, -0.05) is 31.2 Å². The highest BCUT2D eigenvalue weighted by Crippen LogP contribution is 2.26. The largest absolute Gasteiger partial charge is 0.346 e. The van der Waals surface area contributed by atoms with Gasteiger partial charge in [0.05, 0.1) is 0 Å². The molecule has 0 N–H and O–H groups in total. The molecule has 0 bridgehead atoms. The molecule has 0 aliphatic rings. The Labute approximate surface area is 92.9 Å². The van der Waals surface area contributed by atoms with Crippen molar-refractivity contribution in [3.63, 3.8) is 0 Å². The second-order valence-corrected chi connectivity index (χ2v) is 3.40. The molecule has 4 heteroatoms. The molecule has 76 valence electrons. The van der Waals surface area contributed by atoms with E-state index >= 15 is 0 Å². The van der Waals surface area contributed by atoms with Crippen molar-refractivity contribution in [3.05, 3.63) is 35.4 Å². The van der Waals surface area contributed by atoms with Gasteiger partial charge in [-0.2, -0.15) is 0 Å². The van der Waals surface area contributed by atoms with Crippen LogP contribution in [0.3, 0.4) is 0 Å². The average molecular weight is 233 g/mol. The zero-order chi connectivity index (χ0) is 10.6. The lowest BCUT2D eigenvalue weighted by Gasteiger charge is -2.10. The molecule has 1 atom stereocenters. The SMILES string of the molecule is CCc1ccccc1C(Cl)C(=O)OCl. The van der Waals surface area contributed by atoms with Crippen LogP contribution in [-0.4, -0.2) is 5.97 Å². The van der Waals surface area contributed by atoms with Crippen LogP contribution in [0.1, 0.15) is 23.4 Å². The maximum Gasteiger partial charge on any atom is 0.346 e. The maximum absolute atomic E-state index is 11.1. The molecule has 0 fully saturated rings. The highest BCUT2D eigenvalue weighted by Gasteiger charge is 2.21. The first-order chi connectivity index (χ1) is 6.70. The van der Waals surface area contributed by atoms with Crippen LogP contribution in [-0.2, 0) is 15.5 Å². The van der Waals surface area contributed by atoms with Crippen molar-refractivity contribution in [2.75, 3.05) is 0 Å². The van der Waals surface area contributed by atoms with Gasteiger partial charge in [-0.05, 0) is 17.5 Å². The Balaban J connectivity index is 2.99. The summed E-state index contributed by atoms with van der Waals surface area (Å²) in [6, 6.07) is 7.44. The molecular weight excluding hydrogens is 223 g/mol. The van der Waals surface area contributed by atoms with Crippen LogP contribution in [0.4, 0.5) is 0 Å². The number of alkyl halides is 1. The van der Waals surface area contributed by atoms with E-state index in [1.165, 1.54) is 0 Å². The van der Waals surface area contributed by atoms with Crippen LogP contribution in [0.2, 0.25) is 0 Å². The molecule has 14 heavy (non-hydrogen) atoms. The summed E-state index contributed by atoms with van der Waals surface area (Å²) in [5, 5.41) is -0.830. The van der Waals surface area contributed by atoms with Crippen LogP contribution in [0.5, 0.6) is 0 Å². The number of carbonyl (C=O) groups is 1. The molecule has 0 radical (unpaired) electrons. The third-order valence-electron chi connectivity index (χ3n) is 1.99. The minimum absolute atomic E-state index is 0.644. The average Bonchev–Trinajstić information content (AvgIpc) is 2.26. The molecule has 0 aliphatic carbocycles. The Morgan fingerprint density at radius 3 is 2.71 bits per heavy atom. The molecule has 1 rings (SSSR count). The van der Waals surface area contributed by atoms with E-state index in [0.29, 0.717) is 0 Å². The van der Waals surface area contributed by atoms with Crippen molar-refractivity contribution < 1.29 is 9.08 Å². The predicted molar refractivity (Wildman–Crippen MR) is 56.4 cm³/mol. The first-order valence-electron chi connectivity index (χ1n) is 4.25. The normalized spacial score (nSPS) is 12.2. The highest BCUT2D eigenvalue weighted by atomic mass is 35.5. The zero-order valence-electron chi connectivity index (χ0n) is 7.67. The fourth-order valence-electron chi connectivity index (χ4n) is 1.27. The Morgan fingerprint density at radius 1 is 1.50 bits per heavy atom. The Hall–Kier alpha value is -0.730. The van der Waals surface area contributed by atoms with Gasteiger partial charge >= 0.3 is 5.97 Å². The van der Waals surface area contributed by atoms with E-state index in [-0.39, 0.29) is 0 Å². The van der Waals surface area contributed by atoms with E-state index < -0.39 is 11.3 Å². The summed E-state index contributed by atoms with van der Waals surface area (Å²) in [5.41, 5.74) is 1.77. The number of benzene rings is 1. The summed E-state index contributed by atoms with van der Waals surface area (Å²) in [4.78, 5) is 11.1. The van der Waals surface area contributed by atoms with Gasteiger partial charge in [0.2, 0.25) is 0 Å². The number of hydrogen-bond donors (Lipinski definition) is 0. The number of aryl methyl sites for hydroxylation is 1. The first kappa shape index (κ1) is 11.3. The monoisotopic (exact) mass is 232 g/mol. The van der Waals surface area contributed by atoms with Gasteiger partial charge in [0.1, 0.15) is 11.9 Å². The van der Waals surface area contributed by atoms with E-state index in [2.05, 4.69) is 4.29 Å². The first-order valence-corrected chi connectivity index (χ1v) is 4.99. The van der Waals surface area contributed by atoms with Crippen LogP contribution in [0.25, 0.3) is 0 Å². The van der Waals surface area contributed by atoms with E-state index in [0.717, 1.165) is 17.5 Å². The number of hydrogen-bond acceptors (Lipinski definition) is 2. The zero-order valence-corrected chi connectivity index (χ0v) is 9.18. The van der Waals surface area contributed by atoms with E-state index in [9.17, 15) is 4.79 Å². The molecule has 0 aliphatic heterocycles. The topological polar surface area (TPSA) is 26.3 Å². The Bertz CT molecular complexity index is 326. The van der Waals surface area contributed by atoms with Crippen molar-refractivity contribution >= 4 is 29.4 Å². The minimum Gasteiger partial charge on any atom is -0.346 e. The molecule has 0 amide bonds. The van der Waals surface area contributed by atoms with E-state index in [1.807, 2.05) is 25.1 Å². The lowest BCUT2D eigenvalue weighted by atomic mass is 10.0. The lowest BCUT2D eigenvalue weighted by Crippen LogP contribution is -2.08. The lowest BCUT2D eigenvalue weighted by molar-refractivity contribution is -0.133. The van der Waals surface area contributed by atoms with Gasteiger partial charge in [0, 0.05) is 0 Å². The third kappa shape index (κ3) is 2.40. The van der Waals surface area contributed by atoms with E-state index in [1.54, 1.807) is 6.07 Å². The molecule has 1 unspecified atom stereocenters. The fourth-order valence-corrected chi connectivity index (χ4v) is 1.66. The second kappa shape index (κ2) is 5.23. The predicted octanol–water partition coefficient (Wildman–Crippen LogP) is 3.23. The number of carbonyl (C=O) groups excluding carboxylic acids is 1. The summed E-state index contributed by atoms with van der Waals surface area (Å²) in [6.45, 7) is 1.99. The van der Waals surface area contributed by atoms with Crippen LogP contribution < -0.4 is 0 Å². The van der Waals surface area contributed by atoms with Crippen molar-refractivity contribution in [1.82, 2.24) is 0 Å². The summed E-state index contributed by atoms with van der Waals surface area (Å²) < 4.78 is 4.07. The summed E-state index contributed by atoms with van der Waals surface area (Å²) in [7, 11) is 0. The van der Waals surface area contributed by atoms with Crippen molar-refractivity contribution in [3.8, 4) is 0 Å². The van der Waals surface area contributed by atoms with Crippen molar-refractivity contribution in [2.24, 2.45) is 0 Å². The number of halogens is 2. The molecule has 1 aromatic carbocycles. The van der Waals surface area contributed by atoms with Crippen LogP contribution in [0.15, 0.2) is 24.3 Å². The van der Waals surface area contributed by atoms with Gasteiger partial charge in [-0.3, -0.25) is 0 Å². The van der Waals surface area contributed by atoms with Crippen molar-refractivity contribution in [2.45, 2.75) is 18.7 Å². The Morgan fingerprint density at radius 2 is 2.14 bits per heavy atom. The van der Waals surface area contributed by atoms with Crippen LogP contribution >= 0.6 is 23.5 Å². The third-order valence-corrected chi connectivity index (χ3v) is 2.56. The van der Waals surface area contributed by atoms with Gasteiger partial charge < -0.3 is 4.29 Å². The summed E-state index contributed by atoms with van der Waals surface area (Å²) >= 11 is 10.8. The molecule has 1 aromatic rings. The molecule has 2 nitrogen and oxygen atoms in total. The smallest absolute Gasteiger partial charge is 0.346 e. The molecule has 0 saturated carbocycles. The van der Waals surface area contributed by atoms with Gasteiger partial charge in [0.25, 0.3) is 0 Å². The fraction of sp³-hybridized carbons (Fsp3) is 0.300. The standard InChI is InChI=1S/C10H10Cl2O2/c1-2-7-5-3-4-6-8(7)9(11)10(13)14-12/h3-6,9H,2H2,1H3. The maximum atomic E-state index is 11.1. The van der Waals surface area contributed by atoms with Gasteiger partial charge in [-0.25, -0.2) is 4.79 Å². The quantitative estimate of drug-likeness (QED) is 0.749. The number of rotatable bonds is 3. The molecular formula is C10H10Cl2O2. The minimum atomic E-state index is -0.830. The van der Waals surface area contributed by atoms with E-state index in [4.69, 9.17) is 23.5 Å².